The molecule has 0 saturated heterocycles. The van der Waals surface area contributed by atoms with Crippen LogP contribution in [0.1, 0.15) is 41.6 Å². The van der Waals surface area contributed by atoms with Crippen LogP contribution in [0.4, 0.5) is 17.8 Å². The Bertz CT molecular complexity index is 1180. The van der Waals surface area contributed by atoms with Crippen molar-refractivity contribution in [1.82, 2.24) is 20.3 Å². The molecule has 2 aromatic carbocycles. The molecule has 0 radical (unpaired) electrons. The van der Waals surface area contributed by atoms with Gasteiger partial charge in [-0.05, 0) is 42.7 Å². The largest absolute Gasteiger partial charge is 0.497 e. The molecule has 1 aliphatic rings. The summed E-state index contributed by atoms with van der Waals surface area (Å²) in [6.45, 7) is 3.33. The number of methoxy groups -OCH3 is 1. The van der Waals surface area contributed by atoms with Crippen LogP contribution in [0.5, 0.6) is 5.75 Å². The molecule has 4 rings (SSSR count). The Kier molecular flexibility index (Phi) is 11.8. The second kappa shape index (κ2) is 16.2. The molecule has 4 N–H and O–H groups in total. The van der Waals surface area contributed by atoms with Gasteiger partial charge in [0.15, 0.2) is 0 Å². The first-order chi connectivity index (χ1) is 19.7. The molecular weight excluding hydrogens is 510 g/mol. The number of amides is 1. The number of rotatable bonds is 17. The molecule has 214 valence electrons. The zero-order chi connectivity index (χ0) is 27.8. The van der Waals surface area contributed by atoms with Crippen molar-refractivity contribution in [3.8, 4) is 5.75 Å². The fourth-order valence-corrected chi connectivity index (χ4v) is 4.30. The average molecular weight is 550 g/mol. The van der Waals surface area contributed by atoms with Crippen molar-refractivity contribution in [2.45, 2.75) is 38.3 Å². The standard InChI is InChI=1S/C29H39N7O4/c1-38-25-13-7-8-22(20-25)21-32-28-34-27(35-29(36-28)33-24-11-5-6-12-24)31-15-17-40-19-18-39-16-14-30-26(37)23-9-3-2-4-10-23/h2-4,7-10,13,20,24H,5-6,11-12,14-19,21H2,1H3,(H,30,37)(H3,31,32,33,34,35,36). The van der Waals surface area contributed by atoms with Gasteiger partial charge >= 0.3 is 0 Å². The van der Waals surface area contributed by atoms with Crippen LogP contribution in [0.15, 0.2) is 54.6 Å². The number of carbonyl (C=O) groups is 1. The molecule has 0 unspecified atom stereocenters. The van der Waals surface area contributed by atoms with Gasteiger partial charge in [-0.3, -0.25) is 4.79 Å². The molecule has 11 heteroatoms. The summed E-state index contributed by atoms with van der Waals surface area (Å²) in [4.78, 5) is 25.7. The molecular formula is C29H39N7O4. The Morgan fingerprint density at radius 3 is 2.27 bits per heavy atom. The van der Waals surface area contributed by atoms with Crippen LogP contribution in [0, 0.1) is 0 Å². The molecule has 1 aromatic heterocycles. The van der Waals surface area contributed by atoms with E-state index in [-0.39, 0.29) is 5.91 Å². The maximum atomic E-state index is 12.0. The monoisotopic (exact) mass is 549 g/mol. The third kappa shape index (κ3) is 9.97. The molecule has 0 spiro atoms. The van der Waals surface area contributed by atoms with E-state index in [0.29, 0.717) is 75.5 Å². The van der Waals surface area contributed by atoms with E-state index in [2.05, 4.69) is 36.2 Å². The van der Waals surface area contributed by atoms with Crippen LogP contribution in [-0.4, -0.2) is 73.5 Å². The molecule has 3 aromatic rings. The van der Waals surface area contributed by atoms with Crippen LogP contribution in [0.25, 0.3) is 0 Å². The molecule has 1 fully saturated rings. The number of nitrogens with zero attached hydrogens (tertiary/aromatic N) is 3. The minimum Gasteiger partial charge on any atom is -0.497 e. The Morgan fingerprint density at radius 2 is 1.52 bits per heavy atom. The minimum absolute atomic E-state index is 0.106. The fourth-order valence-electron chi connectivity index (χ4n) is 4.30. The van der Waals surface area contributed by atoms with E-state index in [0.717, 1.165) is 24.2 Å². The van der Waals surface area contributed by atoms with E-state index in [4.69, 9.17) is 14.2 Å². The van der Waals surface area contributed by atoms with E-state index in [1.54, 1.807) is 19.2 Å². The highest BCUT2D eigenvalue weighted by Gasteiger charge is 2.17. The van der Waals surface area contributed by atoms with E-state index in [9.17, 15) is 4.79 Å². The zero-order valence-electron chi connectivity index (χ0n) is 23.0. The molecule has 11 nitrogen and oxygen atoms in total. The third-order valence-electron chi connectivity index (χ3n) is 6.38. The molecule has 0 atom stereocenters. The number of carbonyl (C=O) groups excluding carboxylic acids is 1. The summed E-state index contributed by atoms with van der Waals surface area (Å²) in [6.07, 6.45) is 4.68. The van der Waals surface area contributed by atoms with Crippen molar-refractivity contribution in [3.05, 3.63) is 65.7 Å². The second-order valence-corrected chi connectivity index (χ2v) is 9.41. The molecule has 1 amide bonds. The van der Waals surface area contributed by atoms with Gasteiger partial charge in [0.2, 0.25) is 17.8 Å². The second-order valence-electron chi connectivity index (χ2n) is 9.41. The maximum Gasteiger partial charge on any atom is 0.251 e. The first-order valence-electron chi connectivity index (χ1n) is 13.8. The van der Waals surface area contributed by atoms with Crippen molar-refractivity contribution >= 4 is 23.8 Å². The first kappa shape index (κ1) is 29.0. The van der Waals surface area contributed by atoms with Gasteiger partial charge < -0.3 is 35.5 Å². The molecule has 1 aliphatic carbocycles. The maximum absolute atomic E-state index is 12.0. The topological polar surface area (TPSA) is 132 Å². The quantitative estimate of drug-likeness (QED) is 0.185. The number of nitrogens with one attached hydrogen (secondary N) is 4. The van der Waals surface area contributed by atoms with E-state index in [1.807, 2.05) is 42.5 Å². The first-order valence-corrected chi connectivity index (χ1v) is 13.8. The highest BCUT2D eigenvalue weighted by Crippen LogP contribution is 2.22. The number of hydrogen-bond acceptors (Lipinski definition) is 10. The number of ether oxygens (including phenoxy) is 3. The number of aromatic nitrogens is 3. The number of hydrogen-bond donors (Lipinski definition) is 4. The van der Waals surface area contributed by atoms with Gasteiger partial charge in [-0.1, -0.05) is 43.2 Å². The lowest BCUT2D eigenvalue weighted by molar-refractivity contribution is 0.0519. The summed E-state index contributed by atoms with van der Waals surface area (Å²) in [5.41, 5.74) is 1.70. The highest BCUT2D eigenvalue weighted by molar-refractivity contribution is 5.94. The summed E-state index contributed by atoms with van der Waals surface area (Å²) >= 11 is 0. The van der Waals surface area contributed by atoms with Gasteiger partial charge in [0.05, 0.1) is 33.5 Å². The lowest BCUT2D eigenvalue weighted by atomic mass is 10.2. The van der Waals surface area contributed by atoms with Crippen LogP contribution < -0.4 is 26.0 Å². The Morgan fingerprint density at radius 1 is 0.825 bits per heavy atom. The van der Waals surface area contributed by atoms with Crippen molar-refractivity contribution in [2.75, 3.05) is 62.6 Å². The van der Waals surface area contributed by atoms with Gasteiger partial charge in [0, 0.05) is 31.2 Å². The predicted molar refractivity (Wildman–Crippen MR) is 155 cm³/mol. The van der Waals surface area contributed by atoms with Crippen LogP contribution in [0.3, 0.4) is 0 Å². The van der Waals surface area contributed by atoms with Gasteiger partial charge in [0.1, 0.15) is 5.75 Å². The molecule has 0 bridgehead atoms. The molecule has 1 saturated carbocycles. The van der Waals surface area contributed by atoms with Crippen molar-refractivity contribution in [2.24, 2.45) is 0 Å². The summed E-state index contributed by atoms with van der Waals surface area (Å²) in [7, 11) is 1.66. The highest BCUT2D eigenvalue weighted by atomic mass is 16.5. The normalized spacial score (nSPS) is 13.1. The lowest BCUT2D eigenvalue weighted by Crippen LogP contribution is -2.27. The summed E-state index contributed by atoms with van der Waals surface area (Å²) in [5, 5.41) is 12.8. The fraction of sp³-hybridized carbons (Fsp3) is 0.448. The smallest absolute Gasteiger partial charge is 0.251 e. The molecule has 0 aliphatic heterocycles. The van der Waals surface area contributed by atoms with Crippen molar-refractivity contribution in [1.29, 1.82) is 0 Å². The Labute approximate surface area is 235 Å². The molecule has 1 heterocycles. The lowest BCUT2D eigenvalue weighted by Gasteiger charge is -2.15. The Balaban J connectivity index is 1.16. The van der Waals surface area contributed by atoms with Crippen molar-refractivity contribution < 1.29 is 19.0 Å². The average Bonchev–Trinajstić information content (AvgIpc) is 3.50. The van der Waals surface area contributed by atoms with Crippen LogP contribution in [-0.2, 0) is 16.0 Å². The van der Waals surface area contributed by atoms with Crippen molar-refractivity contribution in [3.63, 3.8) is 0 Å². The van der Waals surface area contributed by atoms with E-state index >= 15 is 0 Å². The van der Waals surface area contributed by atoms with Crippen LogP contribution in [0.2, 0.25) is 0 Å². The van der Waals surface area contributed by atoms with Gasteiger partial charge in [-0.2, -0.15) is 15.0 Å². The van der Waals surface area contributed by atoms with E-state index < -0.39 is 0 Å². The summed E-state index contributed by atoms with van der Waals surface area (Å²) in [6, 6.07) is 17.4. The third-order valence-corrected chi connectivity index (χ3v) is 6.38. The van der Waals surface area contributed by atoms with Gasteiger partial charge in [-0.15, -0.1) is 0 Å². The summed E-state index contributed by atoms with van der Waals surface area (Å²) in [5.74, 6) is 2.24. The van der Waals surface area contributed by atoms with Gasteiger partial charge in [-0.25, -0.2) is 0 Å². The van der Waals surface area contributed by atoms with E-state index in [1.165, 1.54) is 12.8 Å². The Hall–Kier alpha value is -3.96. The summed E-state index contributed by atoms with van der Waals surface area (Å²) < 4.78 is 16.5. The minimum atomic E-state index is -0.106. The number of benzene rings is 2. The SMILES string of the molecule is COc1cccc(CNc2nc(NCCOCCOCCNC(=O)c3ccccc3)nc(NC3CCCC3)n2)c1. The predicted octanol–water partition coefficient (Wildman–Crippen LogP) is 3.72. The number of anilines is 3. The zero-order valence-corrected chi connectivity index (χ0v) is 23.0. The molecule has 40 heavy (non-hydrogen) atoms. The van der Waals surface area contributed by atoms with Crippen LogP contribution >= 0.6 is 0 Å². The van der Waals surface area contributed by atoms with Gasteiger partial charge in [0.25, 0.3) is 5.91 Å².